The SMILES string of the molecule is COc1c(NC(=O)c2cc3c(Cl)ccc(N)c3s2)cc(C(C)(C)C)cc1NS(C)=O. The summed E-state index contributed by atoms with van der Waals surface area (Å²) in [6.45, 7) is 6.18. The van der Waals surface area contributed by atoms with Crippen molar-refractivity contribution in [3.8, 4) is 5.75 Å². The van der Waals surface area contributed by atoms with Crippen molar-refractivity contribution in [2.75, 3.05) is 29.1 Å². The quantitative estimate of drug-likeness (QED) is 0.439. The number of benzene rings is 2. The summed E-state index contributed by atoms with van der Waals surface area (Å²) in [6.07, 6.45) is 1.53. The third-order valence-electron chi connectivity index (χ3n) is 4.55. The van der Waals surface area contributed by atoms with E-state index in [0.29, 0.717) is 32.7 Å². The third kappa shape index (κ3) is 4.55. The first kappa shape index (κ1) is 22.4. The van der Waals surface area contributed by atoms with Crippen molar-refractivity contribution < 1.29 is 13.7 Å². The number of hydrogen-bond donors (Lipinski definition) is 3. The van der Waals surface area contributed by atoms with Gasteiger partial charge in [-0.15, -0.1) is 11.3 Å². The molecule has 1 unspecified atom stereocenters. The molecule has 1 heterocycles. The van der Waals surface area contributed by atoms with Crippen LogP contribution in [0, 0.1) is 0 Å². The second-order valence-electron chi connectivity index (χ2n) is 7.85. The molecule has 2 aromatic carbocycles. The van der Waals surface area contributed by atoms with Gasteiger partial charge in [0.1, 0.15) is 11.0 Å². The van der Waals surface area contributed by atoms with Gasteiger partial charge in [0, 0.05) is 22.4 Å². The molecular weight excluding hydrogens is 442 g/mol. The zero-order valence-corrected chi connectivity index (χ0v) is 19.8. The minimum absolute atomic E-state index is 0.197. The van der Waals surface area contributed by atoms with E-state index in [-0.39, 0.29) is 11.3 Å². The van der Waals surface area contributed by atoms with Crippen LogP contribution in [0.3, 0.4) is 0 Å². The Morgan fingerprint density at radius 2 is 1.87 bits per heavy atom. The molecule has 0 aliphatic heterocycles. The molecule has 4 N–H and O–H groups in total. The molecule has 0 aliphatic carbocycles. The Kier molecular flexibility index (Phi) is 6.31. The number of nitrogens with one attached hydrogen (secondary N) is 2. The average molecular weight is 466 g/mol. The van der Waals surface area contributed by atoms with Crippen LogP contribution in [0.5, 0.6) is 5.75 Å². The lowest BCUT2D eigenvalue weighted by Crippen LogP contribution is -2.16. The zero-order valence-electron chi connectivity index (χ0n) is 17.4. The standard InChI is InChI=1S/C21H24ClN3O3S2/c1-21(2,3)11-8-15(18(28-4)16(9-11)25-30(5)27)24-20(26)17-10-12-13(22)6-7-14(23)19(12)29-17/h6-10,25H,23H2,1-5H3,(H,24,26). The van der Waals surface area contributed by atoms with E-state index in [0.717, 1.165) is 15.6 Å². The largest absolute Gasteiger partial charge is 0.492 e. The van der Waals surface area contributed by atoms with Crippen molar-refractivity contribution in [1.29, 1.82) is 0 Å². The summed E-state index contributed by atoms with van der Waals surface area (Å²) in [7, 11) is 0.200. The fourth-order valence-electron chi connectivity index (χ4n) is 3.01. The molecule has 3 rings (SSSR count). The van der Waals surface area contributed by atoms with E-state index >= 15 is 0 Å². The van der Waals surface area contributed by atoms with Gasteiger partial charge in [-0.25, -0.2) is 4.21 Å². The summed E-state index contributed by atoms with van der Waals surface area (Å²) < 4.78 is 21.0. The molecule has 0 saturated heterocycles. The monoisotopic (exact) mass is 465 g/mol. The van der Waals surface area contributed by atoms with Gasteiger partial charge in [0.25, 0.3) is 5.91 Å². The Labute approximate surface area is 187 Å². The van der Waals surface area contributed by atoms with Crippen molar-refractivity contribution in [3.63, 3.8) is 0 Å². The fourth-order valence-corrected chi connectivity index (χ4v) is 4.75. The number of carbonyl (C=O) groups is 1. The lowest BCUT2D eigenvalue weighted by Gasteiger charge is -2.23. The molecular formula is C21H24ClN3O3S2. The van der Waals surface area contributed by atoms with Crippen LogP contribution in [-0.4, -0.2) is 23.5 Å². The van der Waals surface area contributed by atoms with Gasteiger partial charge in [0.05, 0.1) is 28.1 Å². The Hall–Kier alpha value is -2.29. The van der Waals surface area contributed by atoms with Gasteiger partial charge in [-0.3, -0.25) is 4.79 Å². The summed E-state index contributed by atoms with van der Waals surface area (Å²) in [5.74, 6) is 0.102. The summed E-state index contributed by atoms with van der Waals surface area (Å²) in [6, 6.07) is 8.92. The Morgan fingerprint density at radius 3 is 2.43 bits per heavy atom. The Bertz CT molecular complexity index is 1110. The lowest BCUT2D eigenvalue weighted by atomic mass is 9.86. The van der Waals surface area contributed by atoms with Gasteiger partial charge in [-0.2, -0.15) is 0 Å². The molecule has 0 bridgehead atoms. The van der Waals surface area contributed by atoms with E-state index in [1.165, 1.54) is 24.7 Å². The summed E-state index contributed by atoms with van der Waals surface area (Å²) in [5, 5.41) is 4.21. The van der Waals surface area contributed by atoms with Crippen molar-refractivity contribution >= 4 is 67.0 Å². The van der Waals surface area contributed by atoms with Crippen LogP contribution in [0.4, 0.5) is 17.1 Å². The molecule has 0 saturated carbocycles. The first-order valence-electron chi connectivity index (χ1n) is 9.12. The van der Waals surface area contributed by atoms with Crippen molar-refractivity contribution in [2.45, 2.75) is 26.2 Å². The lowest BCUT2D eigenvalue weighted by molar-refractivity contribution is 0.103. The molecule has 160 valence electrons. The predicted octanol–water partition coefficient (Wildman–Crippen LogP) is 5.40. The number of amides is 1. The van der Waals surface area contributed by atoms with E-state index in [2.05, 4.69) is 30.8 Å². The number of fused-ring (bicyclic) bond motifs is 1. The van der Waals surface area contributed by atoms with Gasteiger partial charge in [0.2, 0.25) is 0 Å². The first-order chi connectivity index (χ1) is 14.0. The number of carbonyl (C=O) groups excluding carboxylic acids is 1. The number of hydrogen-bond acceptors (Lipinski definition) is 5. The molecule has 30 heavy (non-hydrogen) atoms. The van der Waals surface area contributed by atoms with Crippen molar-refractivity contribution in [2.24, 2.45) is 0 Å². The molecule has 3 aromatic rings. The molecule has 9 heteroatoms. The Morgan fingerprint density at radius 1 is 1.20 bits per heavy atom. The summed E-state index contributed by atoms with van der Waals surface area (Å²) >= 11 is 7.53. The van der Waals surface area contributed by atoms with Gasteiger partial charge in [0.15, 0.2) is 5.75 Å². The summed E-state index contributed by atoms with van der Waals surface area (Å²) in [4.78, 5) is 13.5. The maximum atomic E-state index is 13.0. The Balaban J connectivity index is 2.06. The van der Waals surface area contributed by atoms with Gasteiger partial charge >= 0.3 is 0 Å². The van der Waals surface area contributed by atoms with E-state index in [9.17, 15) is 9.00 Å². The van der Waals surface area contributed by atoms with E-state index in [4.69, 9.17) is 22.1 Å². The van der Waals surface area contributed by atoms with Crippen LogP contribution < -0.4 is 20.5 Å². The van der Waals surface area contributed by atoms with E-state index in [1.807, 2.05) is 12.1 Å². The number of anilines is 3. The number of methoxy groups -OCH3 is 1. The molecule has 1 aromatic heterocycles. The predicted molar refractivity (Wildman–Crippen MR) is 129 cm³/mol. The van der Waals surface area contributed by atoms with E-state index in [1.54, 1.807) is 18.2 Å². The fraction of sp³-hybridized carbons (Fsp3) is 0.286. The average Bonchev–Trinajstić information content (AvgIpc) is 3.10. The molecule has 0 fully saturated rings. The summed E-state index contributed by atoms with van der Waals surface area (Å²) in [5.41, 5.74) is 8.39. The number of ether oxygens (including phenoxy) is 1. The van der Waals surface area contributed by atoms with Crippen LogP contribution in [0.2, 0.25) is 5.02 Å². The molecule has 0 radical (unpaired) electrons. The van der Waals surface area contributed by atoms with Crippen LogP contribution in [-0.2, 0) is 16.4 Å². The third-order valence-corrected chi connectivity index (χ3v) is 6.57. The topological polar surface area (TPSA) is 93.4 Å². The molecule has 0 aliphatic rings. The van der Waals surface area contributed by atoms with Gasteiger partial charge in [-0.05, 0) is 41.3 Å². The molecule has 1 amide bonds. The second-order valence-corrected chi connectivity index (χ2v) is 10.4. The number of thiophene rings is 1. The van der Waals surface area contributed by atoms with Crippen LogP contribution in [0.1, 0.15) is 36.0 Å². The van der Waals surface area contributed by atoms with Gasteiger partial charge in [-0.1, -0.05) is 32.4 Å². The molecule has 6 nitrogen and oxygen atoms in total. The molecule has 1 atom stereocenters. The molecule has 0 spiro atoms. The van der Waals surface area contributed by atoms with Crippen molar-refractivity contribution in [3.05, 3.63) is 45.8 Å². The van der Waals surface area contributed by atoms with Crippen molar-refractivity contribution in [1.82, 2.24) is 0 Å². The maximum Gasteiger partial charge on any atom is 0.265 e. The van der Waals surface area contributed by atoms with E-state index < -0.39 is 11.0 Å². The highest BCUT2D eigenvalue weighted by atomic mass is 35.5. The number of halogens is 1. The maximum absolute atomic E-state index is 13.0. The van der Waals surface area contributed by atoms with Gasteiger partial charge < -0.3 is 20.5 Å². The highest BCUT2D eigenvalue weighted by Gasteiger charge is 2.22. The zero-order chi connectivity index (χ0) is 22.2. The smallest absolute Gasteiger partial charge is 0.265 e. The minimum Gasteiger partial charge on any atom is -0.492 e. The number of nitrogens with two attached hydrogens (primary N) is 1. The van der Waals surface area contributed by atoms with Crippen LogP contribution >= 0.6 is 22.9 Å². The highest BCUT2D eigenvalue weighted by Crippen LogP contribution is 2.40. The second kappa shape index (κ2) is 8.45. The van der Waals surface area contributed by atoms with Crippen LogP contribution in [0.25, 0.3) is 10.1 Å². The number of nitrogen functional groups attached to an aromatic ring is 1. The highest BCUT2D eigenvalue weighted by molar-refractivity contribution is 7.85. The number of rotatable bonds is 5. The normalized spacial score (nSPS) is 12.6. The van der Waals surface area contributed by atoms with Crippen LogP contribution in [0.15, 0.2) is 30.3 Å². The minimum atomic E-state index is -1.31. The first-order valence-corrected chi connectivity index (χ1v) is 11.9.